The highest BCUT2D eigenvalue weighted by molar-refractivity contribution is 6.64. The van der Waals surface area contributed by atoms with Gasteiger partial charge in [0.1, 0.15) is 0 Å². The number of hydrogen-bond donors (Lipinski definition) is 0. The van der Waals surface area contributed by atoms with Crippen molar-refractivity contribution in [2.24, 2.45) is 0 Å². The van der Waals surface area contributed by atoms with E-state index >= 15 is 0 Å². The molecule has 3 heterocycles. The number of benzene rings is 3. The number of anilines is 3. The predicted molar refractivity (Wildman–Crippen MR) is 148 cm³/mol. The maximum Gasteiger partial charge on any atom is 0.496 e. The summed E-state index contributed by atoms with van der Waals surface area (Å²) in [7, 11) is -0.542. The highest BCUT2D eigenvalue weighted by atomic mass is 16.7. The monoisotopic (exact) mass is 515 g/mol. The molecule has 0 unspecified atom stereocenters. The molecular weight excluding hydrogens is 481 g/mol. The third kappa shape index (κ3) is 4.16. The molecule has 0 N–H and O–H groups in total. The summed E-state index contributed by atoms with van der Waals surface area (Å²) in [5.74, 6) is 1.35. The minimum absolute atomic E-state index is 0.468. The number of rotatable bonds is 4. The number of nitrogens with zero attached hydrogens (tertiary/aromatic N) is 1. The molecule has 0 bridgehead atoms. The Hall–Kier alpha value is -3.36. The van der Waals surface area contributed by atoms with Crippen molar-refractivity contribution in [3.8, 4) is 23.0 Å². The fourth-order valence-electron chi connectivity index (χ4n) is 4.99. The quantitative estimate of drug-likeness (QED) is 0.369. The van der Waals surface area contributed by atoms with Crippen LogP contribution in [0.15, 0.2) is 60.7 Å². The number of fused-ring (bicyclic) bond motifs is 2. The molecule has 198 valence electrons. The van der Waals surface area contributed by atoms with Crippen molar-refractivity contribution in [3.05, 3.63) is 60.7 Å². The standard InChI is InChI=1S/C30H34BNO6/c1-27(2)28(3,4)38-31(37-27)21-11-9-10-12-22(21)32(19-13-15-23-25(17-19)35-29(5,6)33-23)20-14-16-24-26(18-20)36-30(7,8)34-24/h9-18H,1-8H3. The zero-order valence-electron chi connectivity index (χ0n) is 23.2. The molecule has 0 aromatic heterocycles. The lowest BCUT2D eigenvalue weighted by Crippen LogP contribution is -2.41. The SMILES string of the molecule is CC1(C)Oc2ccc(N(c3ccc4c(c3)OC(C)(C)O4)c3ccccc3B3OC(C)(C)C(C)(C)O3)cc2O1. The molecule has 1 saturated heterocycles. The van der Waals surface area contributed by atoms with Gasteiger partial charge in [0.15, 0.2) is 23.0 Å². The van der Waals surface area contributed by atoms with E-state index in [4.69, 9.17) is 28.3 Å². The lowest BCUT2D eigenvalue weighted by molar-refractivity contribution is -0.0437. The molecule has 3 aliphatic rings. The Morgan fingerprint density at radius 2 is 1.00 bits per heavy atom. The van der Waals surface area contributed by atoms with Crippen LogP contribution >= 0.6 is 0 Å². The Bertz CT molecular complexity index is 1330. The van der Waals surface area contributed by atoms with E-state index in [-0.39, 0.29) is 0 Å². The third-order valence-electron chi connectivity index (χ3n) is 7.48. The molecule has 7 nitrogen and oxygen atoms in total. The van der Waals surface area contributed by atoms with E-state index in [1.54, 1.807) is 0 Å². The van der Waals surface area contributed by atoms with Gasteiger partial charge in [0, 0.05) is 51.0 Å². The molecule has 3 aliphatic heterocycles. The zero-order valence-corrected chi connectivity index (χ0v) is 23.2. The minimum Gasteiger partial charge on any atom is -0.449 e. The first-order chi connectivity index (χ1) is 17.7. The fourth-order valence-corrected chi connectivity index (χ4v) is 4.99. The Balaban J connectivity index is 1.49. The summed E-state index contributed by atoms with van der Waals surface area (Å²) in [4.78, 5) is 2.16. The third-order valence-corrected chi connectivity index (χ3v) is 7.48. The van der Waals surface area contributed by atoms with Crippen LogP contribution in [-0.2, 0) is 9.31 Å². The van der Waals surface area contributed by atoms with Crippen LogP contribution in [0.3, 0.4) is 0 Å². The van der Waals surface area contributed by atoms with E-state index < -0.39 is 29.9 Å². The molecule has 38 heavy (non-hydrogen) atoms. The van der Waals surface area contributed by atoms with Gasteiger partial charge in [-0.25, -0.2) is 0 Å². The Morgan fingerprint density at radius 3 is 1.50 bits per heavy atom. The molecule has 0 amide bonds. The predicted octanol–water partition coefficient (Wildman–Crippen LogP) is 6.47. The van der Waals surface area contributed by atoms with Gasteiger partial charge in [-0.05, 0) is 58.0 Å². The molecule has 6 rings (SSSR count). The maximum absolute atomic E-state index is 6.48. The van der Waals surface area contributed by atoms with Crippen LogP contribution in [-0.4, -0.2) is 29.9 Å². The Morgan fingerprint density at radius 1 is 0.553 bits per heavy atom. The van der Waals surface area contributed by atoms with Crippen molar-refractivity contribution in [2.75, 3.05) is 4.90 Å². The van der Waals surface area contributed by atoms with E-state index in [2.05, 4.69) is 44.7 Å². The highest BCUT2D eigenvalue weighted by Crippen LogP contribution is 2.47. The topological polar surface area (TPSA) is 58.6 Å². The van der Waals surface area contributed by atoms with Gasteiger partial charge in [-0.3, -0.25) is 0 Å². The second kappa shape index (κ2) is 8.07. The van der Waals surface area contributed by atoms with Crippen LogP contribution in [0, 0.1) is 0 Å². The van der Waals surface area contributed by atoms with E-state index in [1.165, 1.54) is 0 Å². The molecule has 0 spiro atoms. The van der Waals surface area contributed by atoms with Gasteiger partial charge in [-0.2, -0.15) is 0 Å². The van der Waals surface area contributed by atoms with Gasteiger partial charge >= 0.3 is 7.12 Å². The van der Waals surface area contributed by atoms with Gasteiger partial charge in [-0.1, -0.05) is 18.2 Å². The summed E-state index contributed by atoms with van der Waals surface area (Å²) in [5.41, 5.74) is 2.69. The van der Waals surface area contributed by atoms with Crippen molar-refractivity contribution in [3.63, 3.8) is 0 Å². The second-order valence-corrected chi connectivity index (χ2v) is 12.0. The van der Waals surface area contributed by atoms with E-state index in [1.807, 2.05) is 76.2 Å². The summed E-state index contributed by atoms with van der Waals surface area (Å²) in [6, 6.07) is 20.1. The molecule has 3 aromatic rings. The molecule has 1 fully saturated rings. The lowest BCUT2D eigenvalue weighted by atomic mass is 9.77. The highest BCUT2D eigenvalue weighted by Gasteiger charge is 2.52. The maximum atomic E-state index is 6.48. The first kappa shape index (κ1) is 25.0. The van der Waals surface area contributed by atoms with E-state index in [9.17, 15) is 0 Å². The van der Waals surface area contributed by atoms with Gasteiger partial charge < -0.3 is 33.2 Å². The van der Waals surface area contributed by atoms with Crippen LogP contribution in [0.25, 0.3) is 0 Å². The largest absolute Gasteiger partial charge is 0.496 e. The summed E-state index contributed by atoms with van der Waals surface area (Å²) in [6.07, 6.45) is 0. The summed E-state index contributed by atoms with van der Waals surface area (Å²) >= 11 is 0. The van der Waals surface area contributed by atoms with Crippen molar-refractivity contribution >= 4 is 29.6 Å². The Kier molecular flexibility index (Phi) is 5.30. The first-order valence-corrected chi connectivity index (χ1v) is 13.0. The van der Waals surface area contributed by atoms with Crippen LogP contribution in [0.4, 0.5) is 17.1 Å². The average Bonchev–Trinajstić information content (AvgIpc) is 3.37. The van der Waals surface area contributed by atoms with Crippen LogP contribution < -0.4 is 29.3 Å². The molecular formula is C30H34BNO6. The lowest BCUT2D eigenvalue weighted by Gasteiger charge is -2.32. The first-order valence-electron chi connectivity index (χ1n) is 13.0. The normalized spacial score (nSPS) is 21.0. The average molecular weight is 515 g/mol. The second-order valence-electron chi connectivity index (χ2n) is 12.0. The molecule has 0 saturated carbocycles. The van der Waals surface area contributed by atoms with Crippen molar-refractivity contribution in [1.29, 1.82) is 0 Å². The number of hydrogen-bond acceptors (Lipinski definition) is 7. The van der Waals surface area contributed by atoms with Crippen molar-refractivity contribution in [1.82, 2.24) is 0 Å². The van der Waals surface area contributed by atoms with Gasteiger partial charge in [0.05, 0.1) is 22.6 Å². The summed E-state index contributed by atoms with van der Waals surface area (Å²) in [6.45, 7) is 15.8. The summed E-state index contributed by atoms with van der Waals surface area (Å²) in [5, 5.41) is 0. The Labute approximate surface area is 224 Å². The molecule has 0 atom stereocenters. The fraction of sp³-hybridized carbons (Fsp3) is 0.400. The van der Waals surface area contributed by atoms with Crippen LogP contribution in [0.1, 0.15) is 55.4 Å². The molecule has 3 aromatic carbocycles. The van der Waals surface area contributed by atoms with E-state index in [0.29, 0.717) is 23.0 Å². The zero-order chi connectivity index (χ0) is 27.1. The van der Waals surface area contributed by atoms with Crippen LogP contribution in [0.5, 0.6) is 23.0 Å². The van der Waals surface area contributed by atoms with Gasteiger partial charge in [0.2, 0.25) is 11.6 Å². The number of ether oxygens (including phenoxy) is 4. The molecule has 8 heteroatoms. The smallest absolute Gasteiger partial charge is 0.449 e. The van der Waals surface area contributed by atoms with Gasteiger partial charge in [0.25, 0.3) is 0 Å². The van der Waals surface area contributed by atoms with Crippen molar-refractivity contribution < 1.29 is 28.3 Å². The van der Waals surface area contributed by atoms with E-state index in [0.717, 1.165) is 22.5 Å². The molecule has 0 aliphatic carbocycles. The van der Waals surface area contributed by atoms with Gasteiger partial charge in [-0.15, -0.1) is 0 Å². The van der Waals surface area contributed by atoms with Crippen molar-refractivity contribution in [2.45, 2.75) is 78.2 Å². The summed E-state index contributed by atoms with van der Waals surface area (Å²) < 4.78 is 37.1. The molecule has 0 radical (unpaired) electrons. The minimum atomic E-state index is -0.725. The number of para-hydroxylation sites is 1. The van der Waals surface area contributed by atoms with Crippen LogP contribution in [0.2, 0.25) is 0 Å².